The van der Waals surface area contributed by atoms with Crippen LogP contribution in [0.3, 0.4) is 0 Å². The molecule has 1 saturated heterocycles. The molecule has 3 amide bonds. The van der Waals surface area contributed by atoms with Gasteiger partial charge in [0.2, 0.25) is 11.9 Å². The van der Waals surface area contributed by atoms with E-state index in [1.165, 1.54) is 11.9 Å². The van der Waals surface area contributed by atoms with Gasteiger partial charge in [0, 0.05) is 24.6 Å². The fraction of sp³-hybridized carbons (Fsp3) is 0.273. The van der Waals surface area contributed by atoms with Crippen LogP contribution in [0.1, 0.15) is 5.56 Å². The normalized spacial score (nSPS) is 20.3. The molecule has 9 heteroatoms. The van der Waals surface area contributed by atoms with E-state index in [9.17, 15) is 9.59 Å². The number of halogens is 1. The summed E-state index contributed by atoms with van der Waals surface area (Å²) < 4.78 is 8.98. The SMILES string of the molecule is CN1C(=O)C2C(=NC3=[N+]2CCN3c2cccc(OCc3ccc(Br)cc3)c2)N(C)C1=O. The number of amides is 3. The summed E-state index contributed by atoms with van der Waals surface area (Å²) in [6.45, 7) is 1.82. The van der Waals surface area contributed by atoms with Crippen molar-refractivity contribution in [1.29, 1.82) is 0 Å². The van der Waals surface area contributed by atoms with Crippen LogP contribution in [-0.2, 0) is 11.4 Å². The number of nitrogens with zero attached hydrogens (tertiary/aromatic N) is 5. The molecule has 5 rings (SSSR count). The van der Waals surface area contributed by atoms with Gasteiger partial charge in [-0.25, -0.2) is 14.3 Å². The predicted octanol–water partition coefficient (Wildman–Crippen LogP) is 2.52. The van der Waals surface area contributed by atoms with E-state index in [0.717, 1.165) is 26.4 Å². The first-order valence-electron chi connectivity index (χ1n) is 9.96. The minimum absolute atomic E-state index is 0.245. The maximum absolute atomic E-state index is 12.7. The van der Waals surface area contributed by atoms with E-state index >= 15 is 0 Å². The van der Waals surface area contributed by atoms with Crippen molar-refractivity contribution in [2.24, 2.45) is 4.99 Å². The predicted molar refractivity (Wildman–Crippen MR) is 120 cm³/mol. The van der Waals surface area contributed by atoms with Gasteiger partial charge in [-0.1, -0.05) is 39.1 Å². The summed E-state index contributed by atoms with van der Waals surface area (Å²) in [6, 6.07) is 14.9. The summed E-state index contributed by atoms with van der Waals surface area (Å²) in [6.07, 6.45) is 0. The average Bonchev–Trinajstić information content (AvgIpc) is 3.35. The fourth-order valence-electron chi connectivity index (χ4n) is 4.07. The van der Waals surface area contributed by atoms with Gasteiger partial charge in [0.05, 0.1) is 6.54 Å². The summed E-state index contributed by atoms with van der Waals surface area (Å²) in [4.78, 5) is 34.4. The topological polar surface area (TPSA) is 68.5 Å². The first-order valence-corrected chi connectivity index (χ1v) is 10.8. The maximum Gasteiger partial charge on any atom is 0.397 e. The zero-order chi connectivity index (χ0) is 21.7. The number of benzene rings is 2. The Balaban J connectivity index is 1.39. The molecule has 0 spiro atoms. The van der Waals surface area contributed by atoms with Crippen molar-refractivity contribution >= 4 is 45.4 Å². The van der Waals surface area contributed by atoms with Crippen LogP contribution in [0.2, 0.25) is 0 Å². The molecule has 8 nitrogen and oxygen atoms in total. The number of hydrogen-bond acceptors (Lipinski definition) is 5. The number of aliphatic imine (C=N–C) groups is 1. The lowest BCUT2D eigenvalue weighted by atomic mass is 10.1. The molecule has 1 unspecified atom stereocenters. The number of carbonyl (C=O) groups excluding carboxylic acids is 2. The molecule has 1 fully saturated rings. The molecular formula is C22H21BrN5O3+. The summed E-state index contributed by atoms with van der Waals surface area (Å²) in [5.74, 6) is 1.68. The van der Waals surface area contributed by atoms with Crippen molar-refractivity contribution in [2.45, 2.75) is 12.6 Å². The van der Waals surface area contributed by atoms with Crippen LogP contribution < -0.4 is 9.64 Å². The monoisotopic (exact) mass is 482 g/mol. The molecule has 3 aliphatic rings. The number of urea groups is 1. The first-order chi connectivity index (χ1) is 14.9. The van der Waals surface area contributed by atoms with E-state index in [0.29, 0.717) is 31.5 Å². The smallest absolute Gasteiger partial charge is 0.397 e. The van der Waals surface area contributed by atoms with Gasteiger partial charge in [-0.2, -0.15) is 0 Å². The van der Waals surface area contributed by atoms with E-state index in [1.807, 2.05) is 53.1 Å². The van der Waals surface area contributed by atoms with E-state index < -0.39 is 6.04 Å². The third kappa shape index (κ3) is 3.29. The molecule has 0 aromatic heterocycles. The van der Waals surface area contributed by atoms with E-state index in [-0.39, 0.29) is 11.9 Å². The Morgan fingerprint density at radius 1 is 1.13 bits per heavy atom. The molecular weight excluding hydrogens is 462 g/mol. The quantitative estimate of drug-likeness (QED) is 0.627. The van der Waals surface area contributed by atoms with Gasteiger partial charge in [-0.15, -0.1) is 0 Å². The number of rotatable bonds is 4. The second-order valence-corrected chi connectivity index (χ2v) is 8.58. The van der Waals surface area contributed by atoms with Gasteiger partial charge in [-0.05, 0) is 29.8 Å². The number of hydrogen-bond donors (Lipinski definition) is 0. The minimum atomic E-state index is -0.551. The van der Waals surface area contributed by atoms with Crippen LogP contribution in [0, 0.1) is 0 Å². The van der Waals surface area contributed by atoms with Crippen molar-refractivity contribution in [3.63, 3.8) is 0 Å². The Hall–Kier alpha value is -3.20. The Labute approximate surface area is 188 Å². The van der Waals surface area contributed by atoms with Gasteiger partial charge >= 0.3 is 12.0 Å². The van der Waals surface area contributed by atoms with Gasteiger partial charge in [0.15, 0.2) is 0 Å². The third-order valence-electron chi connectivity index (χ3n) is 5.76. The number of guanidine groups is 1. The lowest BCUT2D eigenvalue weighted by Gasteiger charge is -2.31. The van der Waals surface area contributed by atoms with Crippen molar-refractivity contribution in [3.05, 3.63) is 58.6 Å². The van der Waals surface area contributed by atoms with Gasteiger partial charge in [-0.3, -0.25) is 14.6 Å². The van der Waals surface area contributed by atoms with Crippen LogP contribution in [0.4, 0.5) is 10.5 Å². The minimum Gasteiger partial charge on any atom is -0.489 e. The lowest BCUT2D eigenvalue weighted by Crippen LogP contribution is -2.61. The largest absolute Gasteiger partial charge is 0.489 e. The number of likely N-dealkylation sites (N-methyl/N-ethyl adjacent to an activating group) is 2. The first kappa shape index (κ1) is 19.7. The van der Waals surface area contributed by atoms with Crippen molar-refractivity contribution in [1.82, 2.24) is 9.80 Å². The van der Waals surface area contributed by atoms with Crippen LogP contribution >= 0.6 is 15.9 Å². The maximum atomic E-state index is 12.7. The highest BCUT2D eigenvalue weighted by Gasteiger charge is 2.54. The average molecular weight is 483 g/mol. The molecule has 158 valence electrons. The van der Waals surface area contributed by atoms with Gasteiger partial charge < -0.3 is 4.74 Å². The molecule has 3 heterocycles. The highest BCUT2D eigenvalue weighted by atomic mass is 79.9. The van der Waals surface area contributed by atoms with Crippen molar-refractivity contribution in [3.8, 4) is 5.75 Å². The molecule has 0 saturated carbocycles. The fourth-order valence-corrected chi connectivity index (χ4v) is 4.34. The Bertz CT molecular complexity index is 1140. The molecule has 0 bridgehead atoms. The van der Waals surface area contributed by atoms with Gasteiger partial charge in [0.25, 0.3) is 5.91 Å². The molecule has 2 aromatic carbocycles. The summed E-state index contributed by atoms with van der Waals surface area (Å²) in [5, 5.41) is 0. The summed E-state index contributed by atoms with van der Waals surface area (Å²) >= 11 is 3.44. The molecule has 0 radical (unpaired) electrons. The van der Waals surface area contributed by atoms with E-state index in [4.69, 9.17) is 4.74 Å². The number of anilines is 1. The highest BCUT2D eigenvalue weighted by Crippen LogP contribution is 2.28. The lowest BCUT2D eigenvalue weighted by molar-refractivity contribution is -0.525. The van der Waals surface area contributed by atoms with E-state index in [1.54, 1.807) is 7.05 Å². The van der Waals surface area contributed by atoms with Gasteiger partial charge in [0.1, 0.15) is 24.6 Å². The Morgan fingerprint density at radius 3 is 2.68 bits per heavy atom. The number of imide groups is 1. The Morgan fingerprint density at radius 2 is 1.90 bits per heavy atom. The molecule has 1 atom stereocenters. The van der Waals surface area contributed by atoms with Crippen molar-refractivity contribution < 1.29 is 18.9 Å². The second-order valence-electron chi connectivity index (χ2n) is 7.67. The molecule has 31 heavy (non-hydrogen) atoms. The number of amidine groups is 1. The Kier molecular flexibility index (Phi) is 4.77. The highest BCUT2D eigenvalue weighted by molar-refractivity contribution is 9.10. The van der Waals surface area contributed by atoms with Crippen LogP contribution in [0.15, 0.2) is 58.0 Å². The molecule has 0 N–H and O–H groups in total. The van der Waals surface area contributed by atoms with Crippen molar-refractivity contribution in [2.75, 3.05) is 32.1 Å². The molecule has 2 aromatic rings. The molecule has 3 aliphatic heterocycles. The van der Waals surface area contributed by atoms with E-state index in [2.05, 4.69) is 25.8 Å². The number of carbonyl (C=O) groups is 2. The zero-order valence-corrected chi connectivity index (χ0v) is 18.7. The number of ether oxygens (including phenoxy) is 1. The van der Waals surface area contributed by atoms with Crippen LogP contribution in [0.5, 0.6) is 5.75 Å². The van der Waals surface area contributed by atoms with Crippen LogP contribution in [-0.4, -0.2) is 71.3 Å². The van der Waals surface area contributed by atoms with Crippen LogP contribution in [0.25, 0.3) is 0 Å². The summed E-state index contributed by atoms with van der Waals surface area (Å²) in [7, 11) is 3.16. The standard InChI is InChI=1S/C22H21BrN5O3/c1-25-19-18(20(29)26(2)22(25)30)28-11-10-27(21(28)24-19)16-4-3-5-17(12-16)31-13-14-6-8-15(23)9-7-14/h3-9,12,18H,10-11,13H2,1-2H3/q+1. The second kappa shape index (κ2) is 7.49. The molecule has 0 aliphatic carbocycles. The summed E-state index contributed by atoms with van der Waals surface area (Å²) in [5.41, 5.74) is 2.01. The zero-order valence-electron chi connectivity index (χ0n) is 17.2. The number of fused-ring (bicyclic) bond motifs is 2. The third-order valence-corrected chi connectivity index (χ3v) is 6.29.